The summed E-state index contributed by atoms with van der Waals surface area (Å²) in [6.45, 7) is 3.91. The molecule has 0 saturated heterocycles. The predicted octanol–water partition coefficient (Wildman–Crippen LogP) is 3.06. The van der Waals surface area contributed by atoms with Gasteiger partial charge in [-0.15, -0.1) is 11.3 Å². The van der Waals surface area contributed by atoms with E-state index in [0.29, 0.717) is 5.82 Å². The molecule has 0 bridgehead atoms. The smallest absolute Gasteiger partial charge is 0.332 e. The molecule has 4 nitrogen and oxygen atoms in total. The summed E-state index contributed by atoms with van der Waals surface area (Å²) in [5.41, 5.74) is -0.825. The lowest BCUT2D eigenvalue weighted by Crippen LogP contribution is -2.23. The highest BCUT2D eigenvalue weighted by atomic mass is 32.1. The number of alkyl halides is 3. The van der Waals surface area contributed by atoms with Crippen molar-refractivity contribution in [3.63, 3.8) is 0 Å². The van der Waals surface area contributed by atoms with E-state index in [9.17, 15) is 13.2 Å². The molecule has 0 aliphatic heterocycles. The average molecular weight is 304 g/mol. The van der Waals surface area contributed by atoms with Gasteiger partial charge in [-0.2, -0.15) is 13.2 Å². The average Bonchev–Trinajstić information content (AvgIpc) is 2.91. The fourth-order valence-corrected chi connectivity index (χ4v) is 2.73. The Kier molecular flexibility index (Phi) is 4.14. The second kappa shape index (κ2) is 5.53. The maximum absolute atomic E-state index is 13.0. The summed E-state index contributed by atoms with van der Waals surface area (Å²) in [4.78, 5) is 7.96. The summed E-state index contributed by atoms with van der Waals surface area (Å²) >= 11 is 1.02. The molecule has 0 radical (unpaired) electrons. The lowest BCUT2D eigenvalue weighted by molar-refractivity contribution is -0.141. The van der Waals surface area contributed by atoms with Crippen LogP contribution < -0.4 is 5.32 Å². The van der Waals surface area contributed by atoms with Crippen LogP contribution >= 0.6 is 11.3 Å². The van der Waals surface area contributed by atoms with Crippen molar-refractivity contribution in [2.75, 3.05) is 0 Å². The second-order valence-corrected chi connectivity index (χ2v) is 5.77. The summed E-state index contributed by atoms with van der Waals surface area (Å²) in [6, 6.07) is 0.106. The second-order valence-electron chi connectivity index (χ2n) is 4.69. The lowest BCUT2D eigenvalue weighted by Gasteiger charge is -2.09. The van der Waals surface area contributed by atoms with E-state index in [1.165, 1.54) is 6.20 Å². The number of halogens is 3. The minimum Gasteiger partial charge on any atom is -0.332 e. The number of imidazole rings is 1. The fraction of sp³-hybridized carbons (Fsp3) is 0.500. The zero-order valence-corrected chi connectivity index (χ0v) is 12.1. The van der Waals surface area contributed by atoms with Gasteiger partial charge in [-0.05, 0) is 0 Å². The van der Waals surface area contributed by atoms with Crippen molar-refractivity contribution < 1.29 is 13.2 Å². The molecule has 0 aromatic carbocycles. The van der Waals surface area contributed by atoms with E-state index in [4.69, 9.17) is 0 Å². The Morgan fingerprint density at radius 2 is 2.10 bits per heavy atom. The van der Waals surface area contributed by atoms with Crippen molar-refractivity contribution in [3.05, 3.63) is 23.0 Å². The molecule has 2 heterocycles. The van der Waals surface area contributed by atoms with Gasteiger partial charge in [0.2, 0.25) is 0 Å². The Hall–Kier alpha value is -1.41. The summed E-state index contributed by atoms with van der Waals surface area (Å²) in [7, 11) is 1.73. The number of hydrogen-bond donors (Lipinski definition) is 1. The topological polar surface area (TPSA) is 42.7 Å². The third-order valence-corrected chi connectivity index (χ3v) is 3.70. The first kappa shape index (κ1) is 15.0. The number of nitrogens with zero attached hydrogens (tertiary/aromatic N) is 3. The highest BCUT2D eigenvalue weighted by Gasteiger charge is 2.37. The monoisotopic (exact) mass is 304 g/mol. The van der Waals surface area contributed by atoms with E-state index in [1.807, 2.05) is 13.8 Å². The molecule has 0 saturated carbocycles. The van der Waals surface area contributed by atoms with Crippen LogP contribution in [0.4, 0.5) is 13.2 Å². The summed E-state index contributed by atoms with van der Waals surface area (Å²) in [5.74, 6) is 0.441. The number of rotatable bonds is 4. The van der Waals surface area contributed by atoms with Crippen LogP contribution in [-0.2, 0) is 19.8 Å². The quantitative estimate of drug-likeness (QED) is 0.944. The van der Waals surface area contributed by atoms with Crippen LogP contribution in [0, 0.1) is 0 Å². The van der Waals surface area contributed by atoms with E-state index in [-0.39, 0.29) is 22.5 Å². The van der Waals surface area contributed by atoms with Gasteiger partial charge in [0.15, 0.2) is 16.5 Å². The first-order valence-corrected chi connectivity index (χ1v) is 6.88. The van der Waals surface area contributed by atoms with Gasteiger partial charge >= 0.3 is 6.18 Å². The van der Waals surface area contributed by atoms with Gasteiger partial charge in [0.1, 0.15) is 0 Å². The first-order chi connectivity index (χ1) is 9.29. The first-order valence-electron chi connectivity index (χ1n) is 6.07. The third-order valence-electron chi connectivity index (χ3n) is 2.65. The molecular weight excluding hydrogens is 289 g/mol. The molecule has 0 spiro atoms. The van der Waals surface area contributed by atoms with Gasteiger partial charge in [-0.3, -0.25) is 0 Å². The van der Waals surface area contributed by atoms with Crippen molar-refractivity contribution in [2.45, 2.75) is 32.6 Å². The van der Waals surface area contributed by atoms with E-state index >= 15 is 0 Å². The third kappa shape index (κ3) is 3.18. The molecule has 0 unspecified atom stereocenters. The number of aryl methyl sites for hydroxylation is 1. The van der Waals surface area contributed by atoms with Crippen molar-refractivity contribution in [2.24, 2.45) is 7.05 Å². The van der Waals surface area contributed by atoms with Gasteiger partial charge < -0.3 is 9.88 Å². The van der Waals surface area contributed by atoms with E-state index in [0.717, 1.165) is 11.3 Å². The molecule has 0 atom stereocenters. The Bertz CT molecular complexity index is 586. The van der Waals surface area contributed by atoms with E-state index in [2.05, 4.69) is 15.3 Å². The lowest BCUT2D eigenvalue weighted by atomic mass is 10.3. The van der Waals surface area contributed by atoms with Gasteiger partial charge in [0, 0.05) is 32.0 Å². The maximum Gasteiger partial charge on any atom is 0.434 e. The Balaban J connectivity index is 2.39. The van der Waals surface area contributed by atoms with Gasteiger partial charge in [-0.1, -0.05) is 13.8 Å². The van der Waals surface area contributed by atoms with Crippen molar-refractivity contribution >= 4 is 11.3 Å². The summed E-state index contributed by atoms with van der Waals surface area (Å²) in [5, 5.41) is 3.27. The van der Waals surface area contributed by atoms with Crippen LogP contribution in [0.15, 0.2) is 12.4 Å². The zero-order valence-electron chi connectivity index (χ0n) is 11.3. The molecule has 0 aliphatic carbocycles. The van der Waals surface area contributed by atoms with Crippen LogP contribution in [0.2, 0.25) is 0 Å². The summed E-state index contributed by atoms with van der Waals surface area (Å²) < 4.78 is 40.7. The largest absolute Gasteiger partial charge is 0.434 e. The van der Waals surface area contributed by atoms with Crippen LogP contribution in [0.5, 0.6) is 0 Å². The minimum absolute atomic E-state index is 0.106. The van der Waals surface area contributed by atoms with Gasteiger partial charge in [0.05, 0.1) is 4.88 Å². The Morgan fingerprint density at radius 3 is 2.60 bits per heavy atom. The molecule has 2 aromatic rings. The molecule has 0 aliphatic rings. The minimum atomic E-state index is -4.45. The number of thiazole rings is 1. The summed E-state index contributed by atoms with van der Waals surface area (Å²) in [6.07, 6.45) is -1.24. The zero-order chi connectivity index (χ0) is 14.9. The standard InChI is InChI=1S/C12H15F3N4S/c1-7(2)17-6-8-9(12(13,14)15)18-11(20-8)10-16-4-5-19(10)3/h4-5,7,17H,6H2,1-3H3. The van der Waals surface area contributed by atoms with Crippen LogP contribution in [0.1, 0.15) is 24.4 Å². The number of hydrogen-bond acceptors (Lipinski definition) is 4. The Labute approximate surface area is 118 Å². The maximum atomic E-state index is 13.0. The SMILES string of the molecule is CC(C)NCc1sc(-c2nccn2C)nc1C(F)(F)F. The van der Waals surface area contributed by atoms with Crippen molar-refractivity contribution in [3.8, 4) is 10.8 Å². The highest BCUT2D eigenvalue weighted by Crippen LogP contribution is 2.37. The fourth-order valence-electron chi connectivity index (χ4n) is 1.66. The van der Waals surface area contributed by atoms with Crippen LogP contribution in [0.3, 0.4) is 0 Å². The molecule has 8 heteroatoms. The number of aromatic nitrogens is 3. The van der Waals surface area contributed by atoms with Crippen molar-refractivity contribution in [1.82, 2.24) is 19.9 Å². The van der Waals surface area contributed by atoms with Crippen LogP contribution in [0.25, 0.3) is 10.8 Å². The van der Waals surface area contributed by atoms with E-state index in [1.54, 1.807) is 17.8 Å². The van der Waals surface area contributed by atoms with Gasteiger partial charge in [0.25, 0.3) is 0 Å². The number of nitrogens with one attached hydrogen (secondary N) is 1. The van der Waals surface area contributed by atoms with Crippen LogP contribution in [-0.4, -0.2) is 20.6 Å². The molecule has 0 fully saturated rings. The molecular formula is C12H15F3N4S. The van der Waals surface area contributed by atoms with Gasteiger partial charge in [-0.25, -0.2) is 9.97 Å². The molecule has 20 heavy (non-hydrogen) atoms. The normalized spacial score (nSPS) is 12.3. The predicted molar refractivity (Wildman–Crippen MR) is 71.3 cm³/mol. The molecule has 2 aromatic heterocycles. The van der Waals surface area contributed by atoms with E-state index < -0.39 is 11.9 Å². The highest BCUT2D eigenvalue weighted by molar-refractivity contribution is 7.15. The molecule has 0 amide bonds. The molecule has 110 valence electrons. The molecule has 2 rings (SSSR count). The molecule has 1 N–H and O–H groups in total. The van der Waals surface area contributed by atoms with Crippen molar-refractivity contribution in [1.29, 1.82) is 0 Å². The Morgan fingerprint density at radius 1 is 1.40 bits per heavy atom.